The molecule has 144 valence electrons. The van der Waals surface area contributed by atoms with Crippen LogP contribution in [0.1, 0.15) is 31.4 Å². The summed E-state index contributed by atoms with van der Waals surface area (Å²) in [7, 11) is -3.47. The van der Waals surface area contributed by atoms with Crippen molar-refractivity contribution in [3.8, 4) is 0 Å². The molecule has 3 rings (SSSR count). The van der Waals surface area contributed by atoms with E-state index in [0.717, 1.165) is 29.7 Å². The third-order valence-corrected chi connectivity index (χ3v) is 6.03. The minimum atomic E-state index is -3.47. The monoisotopic (exact) mass is 386 g/mol. The Bertz CT molecular complexity index is 908. The third-order valence-electron chi connectivity index (χ3n) is 4.74. The molecular weight excluding hydrogens is 360 g/mol. The number of anilines is 2. The number of hydrogen-bond donors (Lipinski definition) is 1. The minimum absolute atomic E-state index is 0.0166. The van der Waals surface area contributed by atoms with E-state index in [1.165, 1.54) is 0 Å². The van der Waals surface area contributed by atoms with Gasteiger partial charge >= 0.3 is 0 Å². The van der Waals surface area contributed by atoms with Crippen LogP contribution in [0, 0.1) is 5.92 Å². The SMILES string of the molecule is CC(C)C(=O)N1CCCc2ccc(NS(=O)(=O)CCc3ccccc3)cc21. The zero-order chi connectivity index (χ0) is 19.4. The number of fused-ring (bicyclic) bond motifs is 1. The summed E-state index contributed by atoms with van der Waals surface area (Å²) in [5.41, 5.74) is 3.40. The predicted octanol–water partition coefficient (Wildman–Crippen LogP) is 3.61. The maximum Gasteiger partial charge on any atom is 0.233 e. The van der Waals surface area contributed by atoms with Crippen molar-refractivity contribution in [1.29, 1.82) is 0 Å². The van der Waals surface area contributed by atoms with Gasteiger partial charge in [-0.1, -0.05) is 50.2 Å². The summed E-state index contributed by atoms with van der Waals surface area (Å²) in [6, 6.07) is 15.0. The fourth-order valence-corrected chi connectivity index (χ4v) is 4.40. The van der Waals surface area contributed by atoms with Gasteiger partial charge in [0, 0.05) is 18.2 Å². The van der Waals surface area contributed by atoms with E-state index in [-0.39, 0.29) is 17.6 Å². The second-order valence-electron chi connectivity index (χ2n) is 7.25. The van der Waals surface area contributed by atoms with Crippen LogP contribution in [0.15, 0.2) is 48.5 Å². The fourth-order valence-electron chi connectivity index (χ4n) is 3.31. The van der Waals surface area contributed by atoms with Gasteiger partial charge in [-0.25, -0.2) is 8.42 Å². The van der Waals surface area contributed by atoms with Crippen LogP contribution in [0.25, 0.3) is 0 Å². The lowest BCUT2D eigenvalue weighted by molar-refractivity contribution is -0.121. The first-order valence-electron chi connectivity index (χ1n) is 9.34. The first kappa shape index (κ1) is 19.4. The highest BCUT2D eigenvalue weighted by Gasteiger charge is 2.25. The number of benzene rings is 2. The molecule has 2 aromatic rings. The standard InChI is InChI=1S/C21H26N2O3S/c1-16(2)21(24)23-13-6-9-18-10-11-19(15-20(18)23)22-27(25,26)14-12-17-7-4-3-5-8-17/h3-5,7-8,10-11,15-16,22H,6,9,12-14H2,1-2H3. The molecule has 1 heterocycles. The molecule has 0 fully saturated rings. The van der Waals surface area contributed by atoms with Gasteiger partial charge < -0.3 is 4.90 Å². The molecule has 0 radical (unpaired) electrons. The minimum Gasteiger partial charge on any atom is -0.312 e. The van der Waals surface area contributed by atoms with Crippen LogP contribution >= 0.6 is 0 Å². The lowest BCUT2D eigenvalue weighted by Gasteiger charge is -2.31. The van der Waals surface area contributed by atoms with E-state index >= 15 is 0 Å². The van der Waals surface area contributed by atoms with E-state index in [1.54, 1.807) is 17.0 Å². The largest absolute Gasteiger partial charge is 0.312 e. The molecule has 1 N–H and O–H groups in total. The van der Waals surface area contributed by atoms with Crippen molar-refractivity contribution in [2.75, 3.05) is 21.9 Å². The highest BCUT2D eigenvalue weighted by Crippen LogP contribution is 2.31. The molecule has 1 aliphatic heterocycles. The van der Waals surface area contributed by atoms with Crippen molar-refractivity contribution in [2.24, 2.45) is 5.92 Å². The Labute approximate surface area is 161 Å². The molecule has 0 saturated heterocycles. The van der Waals surface area contributed by atoms with E-state index < -0.39 is 10.0 Å². The number of amides is 1. The summed E-state index contributed by atoms with van der Waals surface area (Å²) in [6.45, 7) is 4.44. The van der Waals surface area contributed by atoms with Gasteiger partial charge in [0.15, 0.2) is 0 Å². The van der Waals surface area contributed by atoms with Crippen molar-refractivity contribution < 1.29 is 13.2 Å². The number of rotatable bonds is 6. The quantitative estimate of drug-likeness (QED) is 0.825. The summed E-state index contributed by atoms with van der Waals surface area (Å²) >= 11 is 0. The maximum absolute atomic E-state index is 12.5. The Morgan fingerprint density at radius 3 is 2.59 bits per heavy atom. The molecule has 0 saturated carbocycles. The molecule has 5 nitrogen and oxygen atoms in total. The zero-order valence-corrected chi connectivity index (χ0v) is 16.6. The Morgan fingerprint density at radius 1 is 1.15 bits per heavy atom. The lowest BCUT2D eigenvalue weighted by atomic mass is 9.99. The van der Waals surface area contributed by atoms with Crippen molar-refractivity contribution in [3.63, 3.8) is 0 Å². The average Bonchev–Trinajstić information content (AvgIpc) is 2.66. The molecule has 2 aromatic carbocycles. The van der Waals surface area contributed by atoms with Crippen LogP contribution in [0.3, 0.4) is 0 Å². The molecule has 6 heteroatoms. The average molecular weight is 387 g/mol. The molecule has 1 amide bonds. The molecular formula is C21H26N2O3S. The Morgan fingerprint density at radius 2 is 1.89 bits per heavy atom. The van der Waals surface area contributed by atoms with E-state index in [4.69, 9.17) is 0 Å². The fraction of sp³-hybridized carbons (Fsp3) is 0.381. The number of hydrogen-bond acceptors (Lipinski definition) is 3. The summed E-state index contributed by atoms with van der Waals surface area (Å²) < 4.78 is 27.6. The summed E-state index contributed by atoms with van der Waals surface area (Å²) in [4.78, 5) is 14.3. The molecule has 0 aromatic heterocycles. The van der Waals surface area contributed by atoms with Crippen molar-refractivity contribution in [2.45, 2.75) is 33.1 Å². The molecule has 0 aliphatic carbocycles. The molecule has 27 heavy (non-hydrogen) atoms. The van der Waals surface area contributed by atoms with E-state index in [2.05, 4.69) is 4.72 Å². The third kappa shape index (κ3) is 4.89. The van der Waals surface area contributed by atoms with Gasteiger partial charge in [-0.2, -0.15) is 0 Å². The summed E-state index contributed by atoms with van der Waals surface area (Å²) in [5, 5.41) is 0. The topological polar surface area (TPSA) is 66.5 Å². The number of carbonyl (C=O) groups is 1. The summed E-state index contributed by atoms with van der Waals surface area (Å²) in [5.74, 6) is -0.00913. The number of nitrogens with zero attached hydrogens (tertiary/aromatic N) is 1. The van der Waals surface area contributed by atoms with Crippen LogP contribution in [0.2, 0.25) is 0 Å². The van der Waals surface area contributed by atoms with E-state index in [0.29, 0.717) is 18.7 Å². The molecule has 0 atom stereocenters. The van der Waals surface area contributed by atoms with Gasteiger partial charge in [0.05, 0.1) is 11.4 Å². The second kappa shape index (κ2) is 8.13. The van der Waals surface area contributed by atoms with Gasteiger partial charge in [-0.15, -0.1) is 0 Å². The van der Waals surface area contributed by atoms with Crippen LogP contribution in [0.4, 0.5) is 11.4 Å². The van der Waals surface area contributed by atoms with E-state index in [9.17, 15) is 13.2 Å². The van der Waals surface area contributed by atoms with Crippen LogP contribution in [-0.2, 0) is 27.7 Å². The van der Waals surface area contributed by atoms with Gasteiger partial charge in [0.25, 0.3) is 0 Å². The van der Waals surface area contributed by atoms with Crippen molar-refractivity contribution in [3.05, 3.63) is 59.7 Å². The van der Waals surface area contributed by atoms with Gasteiger partial charge in [0.2, 0.25) is 15.9 Å². The lowest BCUT2D eigenvalue weighted by Crippen LogP contribution is -2.38. The van der Waals surface area contributed by atoms with Crippen molar-refractivity contribution >= 4 is 27.3 Å². The number of sulfonamides is 1. The molecule has 0 bridgehead atoms. The molecule has 0 spiro atoms. The van der Waals surface area contributed by atoms with Crippen LogP contribution in [-0.4, -0.2) is 26.6 Å². The van der Waals surface area contributed by atoms with Crippen molar-refractivity contribution in [1.82, 2.24) is 0 Å². The number of carbonyl (C=O) groups excluding carboxylic acids is 1. The Hall–Kier alpha value is -2.34. The highest BCUT2D eigenvalue weighted by atomic mass is 32.2. The molecule has 0 unspecified atom stereocenters. The van der Waals surface area contributed by atoms with Crippen LogP contribution in [0.5, 0.6) is 0 Å². The normalized spacial score (nSPS) is 14.1. The predicted molar refractivity (Wildman–Crippen MR) is 110 cm³/mol. The van der Waals surface area contributed by atoms with Gasteiger partial charge in [-0.3, -0.25) is 9.52 Å². The second-order valence-corrected chi connectivity index (χ2v) is 9.09. The molecule has 1 aliphatic rings. The first-order valence-corrected chi connectivity index (χ1v) is 11.0. The van der Waals surface area contributed by atoms with Gasteiger partial charge in [-0.05, 0) is 42.5 Å². The van der Waals surface area contributed by atoms with E-state index in [1.807, 2.05) is 50.2 Å². The highest BCUT2D eigenvalue weighted by molar-refractivity contribution is 7.92. The Balaban J connectivity index is 1.75. The maximum atomic E-state index is 12.5. The smallest absolute Gasteiger partial charge is 0.233 e. The summed E-state index contributed by atoms with van der Waals surface area (Å²) in [6.07, 6.45) is 2.28. The first-order chi connectivity index (χ1) is 12.9. The number of aryl methyl sites for hydroxylation is 2. The zero-order valence-electron chi connectivity index (χ0n) is 15.8. The van der Waals surface area contributed by atoms with Crippen LogP contribution < -0.4 is 9.62 Å². The van der Waals surface area contributed by atoms with Gasteiger partial charge in [0.1, 0.15) is 0 Å². The Kier molecular flexibility index (Phi) is 5.85. The number of nitrogens with one attached hydrogen (secondary N) is 1.